The molecular weight excluding hydrogens is 538 g/mol. The molecule has 13 heteroatoms. The van der Waals surface area contributed by atoms with Crippen molar-refractivity contribution in [1.82, 2.24) is 23.9 Å². The normalized spacial score (nSPS) is 11.4. The molecule has 2 heterocycles. The van der Waals surface area contributed by atoms with Gasteiger partial charge < -0.3 is 9.64 Å². The summed E-state index contributed by atoms with van der Waals surface area (Å²) in [6, 6.07) is 12.9. The van der Waals surface area contributed by atoms with E-state index in [2.05, 4.69) is 9.97 Å². The van der Waals surface area contributed by atoms with E-state index in [-0.39, 0.29) is 29.2 Å². The maximum Gasteiger partial charge on any atom is 0.303 e. The van der Waals surface area contributed by atoms with E-state index in [4.69, 9.17) is 16.3 Å². The highest BCUT2D eigenvalue weighted by atomic mass is 35.5. The molecule has 0 aliphatic carbocycles. The zero-order valence-electron chi connectivity index (χ0n) is 20.9. The van der Waals surface area contributed by atoms with E-state index in [0.29, 0.717) is 28.4 Å². The second-order valence-electron chi connectivity index (χ2n) is 8.27. The number of hydrogen-bond acceptors (Lipinski definition) is 8. The van der Waals surface area contributed by atoms with Crippen LogP contribution in [-0.2, 0) is 23.2 Å². The lowest BCUT2D eigenvalue weighted by Crippen LogP contribution is -2.39. The van der Waals surface area contributed by atoms with E-state index in [1.807, 2.05) is 35.1 Å². The molecule has 0 atom stereocenters. The number of nitrogens with zero attached hydrogens (tertiary/aromatic N) is 4. The molecule has 0 spiro atoms. The Morgan fingerprint density at radius 3 is 2.49 bits per heavy atom. The zero-order valence-corrected chi connectivity index (χ0v) is 23.3. The topological polar surface area (TPSA) is 122 Å². The number of ether oxygens (including phenoxy) is 1. The van der Waals surface area contributed by atoms with Crippen LogP contribution in [0.3, 0.4) is 0 Å². The number of aromatic nitrogens is 2. The maximum absolute atomic E-state index is 13.5. The van der Waals surface area contributed by atoms with E-state index in [0.717, 1.165) is 16.3 Å². The number of nitrogens with one attached hydrogen (secondary N) is 1. The van der Waals surface area contributed by atoms with Crippen LogP contribution in [0.4, 0.5) is 0 Å². The Bertz CT molecular complexity index is 1360. The minimum Gasteiger partial charge on any atom is -0.481 e. The number of halogens is 1. The van der Waals surface area contributed by atoms with Gasteiger partial charge in [0.05, 0.1) is 13.7 Å². The molecule has 1 N–H and O–H groups in total. The molecule has 0 bridgehead atoms. The monoisotopic (exact) mass is 565 g/mol. The number of carbonyl (C=O) groups excluding carboxylic acids is 2. The number of thiazole rings is 1. The van der Waals surface area contributed by atoms with Gasteiger partial charge >= 0.3 is 10.2 Å². The number of hydrogen-bond donors (Lipinski definition) is 1. The summed E-state index contributed by atoms with van der Waals surface area (Å²) in [6.45, 7) is 2.20. The Balaban J connectivity index is 1.84. The van der Waals surface area contributed by atoms with Gasteiger partial charge in [0.2, 0.25) is 5.88 Å². The van der Waals surface area contributed by atoms with Gasteiger partial charge in [-0.25, -0.2) is 14.7 Å². The fourth-order valence-corrected chi connectivity index (χ4v) is 5.06. The largest absolute Gasteiger partial charge is 0.481 e. The molecule has 3 rings (SSSR count). The number of carbonyl (C=O) groups is 2. The molecule has 3 aromatic rings. The van der Waals surface area contributed by atoms with Gasteiger partial charge in [0.15, 0.2) is 0 Å². The fourth-order valence-electron chi connectivity index (χ4n) is 3.40. The summed E-state index contributed by atoms with van der Waals surface area (Å²) in [7, 11) is 0.0928. The van der Waals surface area contributed by atoms with Crippen LogP contribution in [0.15, 0.2) is 42.5 Å². The summed E-state index contributed by atoms with van der Waals surface area (Å²) >= 11 is 7.31. The summed E-state index contributed by atoms with van der Waals surface area (Å²) in [6.07, 6.45) is 1.45. The lowest BCUT2D eigenvalue weighted by Gasteiger charge is -2.22. The quantitative estimate of drug-likeness (QED) is 0.354. The second kappa shape index (κ2) is 12.5. The van der Waals surface area contributed by atoms with Crippen molar-refractivity contribution in [2.45, 2.75) is 26.3 Å². The van der Waals surface area contributed by atoms with Crippen molar-refractivity contribution in [3.8, 4) is 5.88 Å². The predicted octanol–water partition coefficient (Wildman–Crippen LogP) is 3.32. The van der Waals surface area contributed by atoms with Crippen molar-refractivity contribution in [3.05, 3.63) is 74.3 Å². The standard InChI is InChI=1S/C24H28ClN5O5S2/c1-16-22(23(31)28-37(33,34)29(2)3)27-21(36-16)15-30(12-8-11-17-9-6-5-7-10-17)24(32)18-13-19(25)26-20(14-18)35-4/h5-7,9-10,13-14H,8,11-12,15H2,1-4H3,(H,28,31). The first-order valence-electron chi connectivity index (χ1n) is 11.3. The van der Waals surface area contributed by atoms with Crippen molar-refractivity contribution in [3.63, 3.8) is 0 Å². The molecular formula is C24H28ClN5O5S2. The molecule has 0 fully saturated rings. The van der Waals surface area contributed by atoms with E-state index in [9.17, 15) is 18.0 Å². The lowest BCUT2D eigenvalue weighted by atomic mass is 10.1. The third kappa shape index (κ3) is 7.71. The van der Waals surface area contributed by atoms with Crippen LogP contribution >= 0.6 is 22.9 Å². The Kier molecular flexibility index (Phi) is 9.60. The maximum atomic E-state index is 13.5. The van der Waals surface area contributed by atoms with Gasteiger partial charge in [-0.1, -0.05) is 41.9 Å². The highest BCUT2D eigenvalue weighted by Crippen LogP contribution is 2.23. The molecule has 0 unspecified atom stereocenters. The van der Waals surface area contributed by atoms with Gasteiger partial charge in [0, 0.05) is 37.1 Å². The Morgan fingerprint density at radius 1 is 1.14 bits per heavy atom. The molecule has 0 radical (unpaired) electrons. The first-order valence-corrected chi connectivity index (χ1v) is 13.9. The number of aryl methyl sites for hydroxylation is 2. The van der Waals surface area contributed by atoms with Crippen molar-refractivity contribution in [2.24, 2.45) is 0 Å². The van der Waals surface area contributed by atoms with E-state index in [1.54, 1.807) is 11.8 Å². The van der Waals surface area contributed by atoms with Crippen LogP contribution in [0.2, 0.25) is 5.15 Å². The molecule has 0 saturated carbocycles. The lowest BCUT2D eigenvalue weighted by molar-refractivity contribution is 0.0740. The summed E-state index contributed by atoms with van der Waals surface area (Å²) < 4.78 is 32.2. The van der Waals surface area contributed by atoms with E-state index in [1.165, 1.54) is 44.7 Å². The number of methoxy groups -OCH3 is 1. The molecule has 2 aromatic heterocycles. The Morgan fingerprint density at radius 2 is 1.84 bits per heavy atom. The Labute approximate surface area is 225 Å². The van der Waals surface area contributed by atoms with Gasteiger partial charge in [-0.15, -0.1) is 11.3 Å². The van der Waals surface area contributed by atoms with Crippen LogP contribution in [0.25, 0.3) is 0 Å². The van der Waals surface area contributed by atoms with Crippen LogP contribution < -0.4 is 9.46 Å². The SMILES string of the molecule is COc1cc(C(=O)N(CCCc2ccccc2)Cc2nc(C(=O)NS(=O)(=O)N(C)C)c(C)s2)cc(Cl)n1. The van der Waals surface area contributed by atoms with Crippen LogP contribution in [0, 0.1) is 6.92 Å². The molecule has 1 aromatic carbocycles. The molecule has 0 aliphatic heterocycles. The van der Waals surface area contributed by atoms with E-state index >= 15 is 0 Å². The second-order valence-corrected chi connectivity index (χ2v) is 11.8. The van der Waals surface area contributed by atoms with Crippen molar-refractivity contribution < 1.29 is 22.7 Å². The molecule has 198 valence electrons. The highest BCUT2D eigenvalue weighted by molar-refractivity contribution is 7.87. The van der Waals surface area contributed by atoms with Gasteiger partial charge in [0.25, 0.3) is 11.8 Å². The fraction of sp³-hybridized carbons (Fsp3) is 0.333. The number of rotatable bonds is 11. The zero-order chi connectivity index (χ0) is 27.2. The molecule has 0 saturated heterocycles. The first-order chi connectivity index (χ1) is 17.5. The van der Waals surface area contributed by atoms with Gasteiger partial charge in [0.1, 0.15) is 15.9 Å². The number of pyridine rings is 1. The van der Waals surface area contributed by atoms with Crippen molar-refractivity contribution >= 4 is 45.0 Å². The molecule has 0 aliphatic rings. The Hall–Kier alpha value is -3.06. The minimum atomic E-state index is -3.97. The molecule has 10 nitrogen and oxygen atoms in total. The number of benzene rings is 1. The van der Waals surface area contributed by atoms with Gasteiger partial charge in [-0.05, 0) is 31.4 Å². The average molecular weight is 566 g/mol. The third-order valence-corrected chi connectivity index (χ3v) is 7.89. The third-order valence-electron chi connectivity index (χ3n) is 5.33. The average Bonchev–Trinajstić information content (AvgIpc) is 3.23. The first kappa shape index (κ1) is 28.5. The van der Waals surface area contributed by atoms with Gasteiger partial charge in [-0.2, -0.15) is 12.7 Å². The van der Waals surface area contributed by atoms with Gasteiger partial charge in [-0.3, -0.25) is 9.59 Å². The highest BCUT2D eigenvalue weighted by Gasteiger charge is 2.25. The van der Waals surface area contributed by atoms with Crippen LogP contribution in [0.5, 0.6) is 5.88 Å². The number of amides is 2. The summed E-state index contributed by atoms with van der Waals surface area (Å²) in [5, 5.41) is 0.614. The minimum absolute atomic E-state index is 0.00395. The summed E-state index contributed by atoms with van der Waals surface area (Å²) in [4.78, 5) is 36.6. The van der Waals surface area contributed by atoms with E-state index < -0.39 is 16.1 Å². The molecule has 37 heavy (non-hydrogen) atoms. The van der Waals surface area contributed by atoms with Crippen molar-refractivity contribution in [2.75, 3.05) is 27.7 Å². The van der Waals surface area contributed by atoms with Crippen LogP contribution in [0.1, 0.15) is 42.7 Å². The van der Waals surface area contributed by atoms with Crippen LogP contribution in [-0.4, -0.2) is 67.2 Å². The van der Waals surface area contributed by atoms with Crippen molar-refractivity contribution in [1.29, 1.82) is 0 Å². The smallest absolute Gasteiger partial charge is 0.303 e. The summed E-state index contributed by atoms with van der Waals surface area (Å²) in [5.41, 5.74) is 1.45. The summed E-state index contributed by atoms with van der Waals surface area (Å²) in [5.74, 6) is -0.919. The molecule has 2 amide bonds. The predicted molar refractivity (Wildman–Crippen MR) is 142 cm³/mol.